The first-order chi connectivity index (χ1) is 3.27. The van der Waals surface area contributed by atoms with Gasteiger partial charge in [-0.3, -0.25) is 0 Å². The molecule has 0 aliphatic rings. The van der Waals surface area contributed by atoms with Crippen LogP contribution < -0.4 is 0 Å². The molecule has 40 valence electrons. The molecule has 7 heavy (non-hydrogen) atoms. The van der Waals surface area contributed by atoms with Gasteiger partial charge in [0.2, 0.25) is 0 Å². The van der Waals surface area contributed by atoms with Crippen molar-refractivity contribution >= 4 is 15.9 Å². The number of hydrogen-bond donors (Lipinski definition) is 0. The van der Waals surface area contributed by atoms with Crippen LogP contribution in [0.1, 0.15) is 20.3 Å². The first kappa shape index (κ1) is 7.04. The number of halogens is 1. The van der Waals surface area contributed by atoms with Gasteiger partial charge < -0.3 is 0 Å². The highest BCUT2D eigenvalue weighted by Crippen LogP contribution is 1.99. The van der Waals surface area contributed by atoms with Crippen molar-refractivity contribution in [1.29, 1.82) is 0 Å². The maximum absolute atomic E-state index is 3.37. The Morgan fingerprint density at radius 2 is 2.29 bits per heavy atom. The van der Waals surface area contributed by atoms with Gasteiger partial charge in [0, 0.05) is 11.2 Å². The summed E-state index contributed by atoms with van der Waals surface area (Å²) in [6.07, 6.45) is 0.955. The molecule has 0 saturated carbocycles. The summed E-state index contributed by atoms with van der Waals surface area (Å²) in [5.74, 6) is 5.77. The molecule has 0 saturated heterocycles. The molecule has 0 amide bonds. The molecular weight excluding hydrogens is 152 g/mol. The molecule has 0 nitrogen and oxygen atoms in total. The Balaban J connectivity index is 3.08. The van der Waals surface area contributed by atoms with E-state index in [1.807, 2.05) is 6.92 Å². The topological polar surface area (TPSA) is 0 Å². The van der Waals surface area contributed by atoms with Crippen molar-refractivity contribution in [2.75, 3.05) is 0 Å². The molecule has 0 spiro atoms. The molecule has 0 aromatic carbocycles. The summed E-state index contributed by atoms with van der Waals surface area (Å²) in [7, 11) is 0. The van der Waals surface area contributed by atoms with Gasteiger partial charge in [-0.25, -0.2) is 0 Å². The van der Waals surface area contributed by atoms with Gasteiger partial charge in [0.25, 0.3) is 0 Å². The fraction of sp³-hybridized carbons (Fsp3) is 0.667. The predicted molar refractivity (Wildman–Crippen MR) is 36.5 cm³/mol. The first-order valence-electron chi connectivity index (χ1n) is 2.31. The normalized spacial score (nSPS) is 11.9. The van der Waals surface area contributed by atoms with Crippen molar-refractivity contribution in [3.05, 3.63) is 0 Å². The molecule has 1 atom stereocenters. The molecular formula is C6H9Br. The molecule has 1 heteroatoms. The van der Waals surface area contributed by atoms with Crippen LogP contribution in [0.4, 0.5) is 0 Å². The van der Waals surface area contributed by atoms with Crippen LogP contribution >= 0.6 is 15.9 Å². The minimum absolute atomic E-state index is 0.542. The molecule has 1 unspecified atom stereocenters. The summed E-state index contributed by atoms with van der Waals surface area (Å²) < 4.78 is 0. The third-order valence-corrected chi connectivity index (χ3v) is 0.884. The van der Waals surface area contributed by atoms with Gasteiger partial charge in [0.05, 0.1) is 0 Å². The molecule has 0 radical (unpaired) electrons. The van der Waals surface area contributed by atoms with Crippen molar-refractivity contribution in [2.24, 2.45) is 0 Å². The average molecular weight is 161 g/mol. The Morgan fingerprint density at radius 1 is 1.71 bits per heavy atom. The summed E-state index contributed by atoms with van der Waals surface area (Å²) >= 11 is 3.37. The summed E-state index contributed by atoms with van der Waals surface area (Å²) in [5.41, 5.74) is 0. The van der Waals surface area contributed by atoms with Crippen LogP contribution in [0.5, 0.6) is 0 Å². The Labute approximate surface area is 53.4 Å². The largest absolute Gasteiger partial charge is 0.107 e. The Bertz CT molecular complexity index is 84.1. The lowest BCUT2D eigenvalue weighted by molar-refractivity contribution is 1.03. The monoisotopic (exact) mass is 160 g/mol. The van der Waals surface area contributed by atoms with Crippen molar-refractivity contribution in [1.82, 2.24) is 0 Å². The molecule has 0 fully saturated rings. The minimum atomic E-state index is 0.542. The summed E-state index contributed by atoms with van der Waals surface area (Å²) in [4.78, 5) is 0.542. The lowest BCUT2D eigenvalue weighted by Gasteiger charge is -1.88. The van der Waals surface area contributed by atoms with E-state index in [0.29, 0.717) is 4.83 Å². The molecule has 0 aliphatic heterocycles. The fourth-order valence-corrected chi connectivity index (χ4v) is 0.405. The lowest BCUT2D eigenvalue weighted by Crippen LogP contribution is -1.83. The van der Waals surface area contributed by atoms with E-state index < -0.39 is 0 Å². The van der Waals surface area contributed by atoms with Gasteiger partial charge in [-0.05, 0) is 6.92 Å². The van der Waals surface area contributed by atoms with E-state index >= 15 is 0 Å². The van der Waals surface area contributed by atoms with E-state index in [9.17, 15) is 0 Å². The van der Waals surface area contributed by atoms with Crippen LogP contribution in [0.25, 0.3) is 0 Å². The van der Waals surface area contributed by atoms with E-state index in [2.05, 4.69) is 34.7 Å². The second-order valence-electron chi connectivity index (χ2n) is 1.41. The number of alkyl halides is 1. The van der Waals surface area contributed by atoms with Gasteiger partial charge >= 0.3 is 0 Å². The summed E-state index contributed by atoms with van der Waals surface area (Å²) in [6.45, 7) is 3.94. The highest BCUT2D eigenvalue weighted by atomic mass is 79.9. The lowest BCUT2D eigenvalue weighted by atomic mass is 10.3. The van der Waals surface area contributed by atoms with Crippen LogP contribution in [-0.2, 0) is 0 Å². The van der Waals surface area contributed by atoms with Crippen LogP contribution in [0.3, 0.4) is 0 Å². The quantitative estimate of drug-likeness (QED) is 0.408. The molecule has 0 rings (SSSR count). The van der Waals surface area contributed by atoms with Gasteiger partial charge in [-0.2, -0.15) is 0 Å². The Morgan fingerprint density at radius 3 is 2.43 bits per heavy atom. The van der Waals surface area contributed by atoms with E-state index in [1.54, 1.807) is 0 Å². The highest BCUT2D eigenvalue weighted by Gasteiger charge is 1.86. The Hall–Kier alpha value is 0.0400. The second kappa shape index (κ2) is 4.21. The van der Waals surface area contributed by atoms with Gasteiger partial charge in [0.1, 0.15) is 0 Å². The summed E-state index contributed by atoms with van der Waals surface area (Å²) in [5, 5.41) is 0. The molecule has 0 aromatic rings. The van der Waals surface area contributed by atoms with Crippen LogP contribution in [0.15, 0.2) is 0 Å². The average Bonchev–Trinajstić information content (AvgIpc) is 1.61. The van der Waals surface area contributed by atoms with Crippen molar-refractivity contribution in [3.63, 3.8) is 0 Å². The van der Waals surface area contributed by atoms with E-state index in [1.165, 1.54) is 0 Å². The second-order valence-corrected chi connectivity index (χ2v) is 2.97. The maximum atomic E-state index is 3.37. The van der Waals surface area contributed by atoms with E-state index in [0.717, 1.165) is 6.42 Å². The molecule has 0 aliphatic carbocycles. The molecule has 0 bridgehead atoms. The standard InChI is InChI=1S/C6H9Br/c1-3-4-5-6(2)7/h6H,5H2,1-2H3. The van der Waals surface area contributed by atoms with Crippen LogP contribution in [-0.4, -0.2) is 4.83 Å². The smallest absolute Gasteiger partial charge is 0.0226 e. The van der Waals surface area contributed by atoms with Gasteiger partial charge in [-0.1, -0.05) is 22.9 Å². The minimum Gasteiger partial charge on any atom is -0.107 e. The maximum Gasteiger partial charge on any atom is 0.0226 e. The van der Waals surface area contributed by atoms with Crippen LogP contribution in [0, 0.1) is 11.8 Å². The van der Waals surface area contributed by atoms with E-state index in [-0.39, 0.29) is 0 Å². The molecule has 0 N–H and O–H groups in total. The SMILES string of the molecule is CC#CCC(C)Br. The number of rotatable bonds is 1. The zero-order valence-corrected chi connectivity index (χ0v) is 6.25. The van der Waals surface area contributed by atoms with Crippen molar-refractivity contribution in [2.45, 2.75) is 25.1 Å². The van der Waals surface area contributed by atoms with E-state index in [4.69, 9.17) is 0 Å². The first-order valence-corrected chi connectivity index (χ1v) is 3.22. The third-order valence-electron chi connectivity index (χ3n) is 0.560. The van der Waals surface area contributed by atoms with Crippen molar-refractivity contribution < 1.29 is 0 Å². The number of hydrogen-bond acceptors (Lipinski definition) is 0. The fourth-order valence-electron chi connectivity index (χ4n) is 0.243. The zero-order valence-electron chi connectivity index (χ0n) is 4.66. The van der Waals surface area contributed by atoms with Gasteiger partial charge in [0.15, 0.2) is 0 Å². The zero-order chi connectivity index (χ0) is 5.70. The predicted octanol–water partition coefficient (Wildman–Crippen LogP) is 2.18. The van der Waals surface area contributed by atoms with Gasteiger partial charge in [-0.15, -0.1) is 11.8 Å². The molecule has 0 aromatic heterocycles. The third kappa shape index (κ3) is 6.04. The highest BCUT2D eigenvalue weighted by molar-refractivity contribution is 9.09. The van der Waals surface area contributed by atoms with Crippen molar-refractivity contribution in [3.8, 4) is 11.8 Å². The Kier molecular flexibility index (Phi) is 4.23. The molecule has 0 heterocycles. The summed E-state index contributed by atoms with van der Waals surface area (Å²) in [6, 6.07) is 0. The van der Waals surface area contributed by atoms with Crippen LogP contribution in [0.2, 0.25) is 0 Å².